The Morgan fingerprint density at radius 2 is 2.19 bits per heavy atom. The van der Waals surface area contributed by atoms with Gasteiger partial charge < -0.3 is 10.2 Å². The van der Waals surface area contributed by atoms with Crippen LogP contribution in [0, 0.1) is 0 Å². The van der Waals surface area contributed by atoms with Gasteiger partial charge in [-0.15, -0.1) is 16.4 Å². The van der Waals surface area contributed by atoms with Crippen LogP contribution in [-0.2, 0) is 9.59 Å². The second kappa shape index (κ2) is 7.53. The minimum absolute atomic E-state index is 0.0843. The van der Waals surface area contributed by atoms with Gasteiger partial charge >= 0.3 is 0 Å². The number of aromatic amines is 1. The van der Waals surface area contributed by atoms with Crippen molar-refractivity contribution in [2.75, 3.05) is 16.0 Å². The van der Waals surface area contributed by atoms with Gasteiger partial charge in [-0.3, -0.25) is 14.7 Å². The number of hydrogen-bond donors (Lipinski definition) is 2. The number of carbonyl (C=O) groups is 2. The Kier molecular flexibility index (Phi) is 4.95. The number of nitrogens with zero attached hydrogens (tertiary/aromatic N) is 3. The zero-order valence-corrected chi connectivity index (χ0v) is 16.1. The molecule has 3 aromatic rings. The normalized spacial score (nSPS) is 16.6. The maximum atomic E-state index is 12.9. The first-order valence-corrected chi connectivity index (χ1v) is 10.3. The molecule has 1 atom stereocenters. The number of hydrogen-bond acceptors (Lipinski definition) is 6. The summed E-state index contributed by atoms with van der Waals surface area (Å²) >= 11 is 2.85. The van der Waals surface area contributed by atoms with Gasteiger partial charge in [0.25, 0.3) is 0 Å². The van der Waals surface area contributed by atoms with E-state index in [9.17, 15) is 9.59 Å². The molecule has 2 amide bonds. The molecule has 7 nitrogen and oxygen atoms in total. The monoisotopic (exact) mass is 399 g/mol. The Morgan fingerprint density at radius 3 is 3.00 bits per heavy atom. The van der Waals surface area contributed by atoms with E-state index in [1.54, 1.807) is 22.3 Å². The van der Waals surface area contributed by atoms with E-state index in [0.717, 1.165) is 10.6 Å². The van der Waals surface area contributed by atoms with Gasteiger partial charge in [-0.1, -0.05) is 30.0 Å². The lowest BCUT2D eigenvalue weighted by atomic mass is 10.2. The number of rotatable bonds is 4. The van der Waals surface area contributed by atoms with E-state index in [1.807, 2.05) is 42.6 Å². The van der Waals surface area contributed by atoms with Crippen molar-refractivity contribution >= 4 is 46.3 Å². The maximum Gasteiger partial charge on any atom is 0.237 e. The number of fused-ring (bicyclic) bond motifs is 1. The molecule has 0 bridgehead atoms. The molecule has 3 heterocycles. The molecule has 9 heteroatoms. The predicted molar refractivity (Wildman–Crippen MR) is 107 cm³/mol. The summed E-state index contributed by atoms with van der Waals surface area (Å²) in [5.74, 6) is 0.712. The molecule has 138 valence electrons. The van der Waals surface area contributed by atoms with Gasteiger partial charge in [-0.05, 0) is 30.5 Å². The van der Waals surface area contributed by atoms with Crippen molar-refractivity contribution in [1.82, 2.24) is 15.2 Å². The van der Waals surface area contributed by atoms with Crippen molar-refractivity contribution in [3.63, 3.8) is 0 Å². The zero-order valence-electron chi connectivity index (χ0n) is 14.5. The lowest BCUT2D eigenvalue weighted by molar-refractivity contribution is -0.117. The molecule has 0 spiro atoms. The summed E-state index contributed by atoms with van der Waals surface area (Å²) in [6.07, 6.45) is 0.258. The van der Waals surface area contributed by atoms with Gasteiger partial charge in [-0.25, -0.2) is 4.98 Å². The molecule has 0 aliphatic carbocycles. The van der Waals surface area contributed by atoms with E-state index in [0.29, 0.717) is 16.7 Å². The third kappa shape index (κ3) is 3.74. The molecule has 2 N–H and O–H groups in total. The van der Waals surface area contributed by atoms with Gasteiger partial charge in [0.1, 0.15) is 0 Å². The van der Waals surface area contributed by atoms with E-state index < -0.39 is 0 Å². The van der Waals surface area contributed by atoms with Crippen LogP contribution in [0.4, 0.5) is 11.4 Å². The van der Waals surface area contributed by atoms with Crippen LogP contribution in [0.5, 0.6) is 0 Å². The molecular formula is C18H17N5O2S2. The van der Waals surface area contributed by atoms with Crippen LogP contribution >= 0.6 is 23.1 Å². The lowest BCUT2D eigenvalue weighted by Gasteiger charge is -2.27. The number of nitrogens with one attached hydrogen (secondary N) is 2. The number of benzene rings is 1. The Hall–Kier alpha value is -2.65. The van der Waals surface area contributed by atoms with Crippen molar-refractivity contribution in [1.29, 1.82) is 0 Å². The molecule has 0 saturated heterocycles. The lowest BCUT2D eigenvalue weighted by Crippen LogP contribution is -2.40. The highest BCUT2D eigenvalue weighted by Crippen LogP contribution is 2.32. The molecule has 0 fully saturated rings. The summed E-state index contributed by atoms with van der Waals surface area (Å²) in [7, 11) is 0. The van der Waals surface area contributed by atoms with Crippen LogP contribution in [0.1, 0.15) is 13.3 Å². The average molecular weight is 400 g/mol. The smallest absolute Gasteiger partial charge is 0.237 e. The minimum Gasteiger partial charge on any atom is -0.324 e. The van der Waals surface area contributed by atoms with Crippen molar-refractivity contribution in [3.05, 3.63) is 41.8 Å². The highest BCUT2D eigenvalue weighted by atomic mass is 32.2. The van der Waals surface area contributed by atoms with Gasteiger partial charge in [0, 0.05) is 12.5 Å². The summed E-state index contributed by atoms with van der Waals surface area (Å²) in [6.45, 7) is 1.88. The minimum atomic E-state index is -0.226. The molecule has 0 unspecified atom stereocenters. The van der Waals surface area contributed by atoms with Crippen LogP contribution in [0.3, 0.4) is 0 Å². The molecule has 0 radical (unpaired) electrons. The third-order valence-electron chi connectivity index (χ3n) is 4.17. The van der Waals surface area contributed by atoms with Crippen molar-refractivity contribution < 1.29 is 9.59 Å². The standard InChI is InChI=1S/C18H17N5O2S2/c1-11-9-15(24)19-12-5-2-3-6-13(12)23(11)16(25)10-27-18-20-17(21-22-18)14-7-4-8-26-14/h2-8,11H,9-10H2,1H3,(H,19,24)(H,20,21,22)/t11-/m1/s1. The van der Waals surface area contributed by atoms with E-state index in [4.69, 9.17) is 0 Å². The van der Waals surface area contributed by atoms with Gasteiger partial charge in [0.15, 0.2) is 5.82 Å². The zero-order chi connectivity index (χ0) is 18.8. The summed E-state index contributed by atoms with van der Waals surface area (Å²) in [6, 6.07) is 11.0. The molecule has 1 aliphatic heterocycles. The number of H-pyrrole nitrogens is 1. The first kappa shape index (κ1) is 17.7. The van der Waals surface area contributed by atoms with E-state index in [1.165, 1.54) is 11.8 Å². The summed E-state index contributed by atoms with van der Waals surface area (Å²) < 4.78 is 0. The molecule has 1 aliphatic rings. The van der Waals surface area contributed by atoms with E-state index in [-0.39, 0.29) is 30.0 Å². The Labute approximate surface area is 164 Å². The van der Waals surface area contributed by atoms with Crippen LogP contribution in [0.25, 0.3) is 10.7 Å². The fourth-order valence-electron chi connectivity index (χ4n) is 3.00. The van der Waals surface area contributed by atoms with Gasteiger partial charge in [0.05, 0.1) is 22.0 Å². The second-order valence-electron chi connectivity index (χ2n) is 6.11. The Morgan fingerprint density at radius 1 is 1.33 bits per heavy atom. The number of aromatic nitrogens is 3. The summed E-state index contributed by atoms with van der Waals surface area (Å²) in [4.78, 5) is 32.1. The molecule has 0 saturated carbocycles. The van der Waals surface area contributed by atoms with Crippen LogP contribution in [0.2, 0.25) is 0 Å². The largest absolute Gasteiger partial charge is 0.324 e. The first-order valence-electron chi connectivity index (χ1n) is 8.42. The quantitative estimate of drug-likeness (QED) is 0.656. The van der Waals surface area contributed by atoms with Crippen LogP contribution < -0.4 is 10.2 Å². The van der Waals surface area contributed by atoms with Gasteiger partial charge in [-0.2, -0.15) is 0 Å². The van der Waals surface area contributed by atoms with Crippen LogP contribution in [0.15, 0.2) is 46.9 Å². The van der Waals surface area contributed by atoms with Crippen molar-refractivity contribution in [2.45, 2.75) is 24.5 Å². The maximum absolute atomic E-state index is 12.9. The Bertz CT molecular complexity index is 970. The first-order chi connectivity index (χ1) is 13.1. The number of amides is 2. The van der Waals surface area contributed by atoms with Crippen molar-refractivity contribution in [3.8, 4) is 10.7 Å². The molecular weight excluding hydrogens is 382 g/mol. The molecule has 2 aromatic heterocycles. The topological polar surface area (TPSA) is 91.0 Å². The Balaban J connectivity index is 1.50. The highest BCUT2D eigenvalue weighted by molar-refractivity contribution is 7.99. The molecule has 4 rings (SSSR count). The third-order valence-corrected chi connectivity index (χ3v) is 5.88. The number of anilines is 2. The number of thiophene rings is 1. The number of carbonyl (C=O) groups excluding carboxylic acids is 2. The van der Waals surface area contributed by atoms with Crippen molar-refractivity contribution in [2.24, 2.45) is 0 Å². The SMILES string of the molecule is C[C@@H]1CC(=O)Nc2ccccc2N1C(=O)CSc1n[nH]c(-c2cccs2)n1. The highest BCUT2D eigenvalue weighted by Gasteiger charge is 2.29. The summed E-state index contributed by atoms with van der Waals surface area (Å²) in [5, 5.41) is 12.4. The molecule has 27 heavy (non-hydrogen) atoms. The van der Waals surface area contributed by atoms with Gasteiger partial charge in [0.2, 0.25) is 17.0 Å². The van der Waals surface area contributed by atoms with E-state index in [2.05, 4.69) is 20.5 Å². The fourth-order valence-corrected chi connectivity index (χ4v) is 4.32. The van der Waals surface area contributed by atoms with E-state index >= 15 is 0 Å². The second-order valence-corrected chi connectivity index (χ2v) is 8.00. The average Bonchev–Trinajstić information content (AvgIpc) is 3.30. The predicted octanol–water partition coefficient (Wildman–Crippen LogP) is 3.39. The number of thioether (sulfide) groups is 1. The summed E-state index contributed by atoms with van der Waals surface area (Å²) in [5.41, 5.74) is 1.37. The number of para-hydroxylation sites is 2. The molecule has 1 aromatic carbocycles. The van der Waals surface area contributed by atoms with Crippen LogP contribution in [-0.4, -0.2) is 38.8 Å². The fraction of sp³-hybridized carbons (Fsp3) is 0.222.